The molecule has 0 fully saturated rings. The molecule has 3 N–H and O–H groups in total. The summed E-state index contributed by atoms with van der Waals surface area (Å²) >= 11 is 0. The maximum atomic E-state index is 11.8. The number of anilines is 1. The molecule has 0 aliphatic heterocycles. The number of nitrogen functional groups attached to an aromatic ring is 1. The van der Waals surface area contributed by atoms with Gasteiger partial charge in [-0.05, 0) is 19.1 Å². The molecule has 0 atom stereocenters. The van der Waals surface area contributed by atoms with Crippen LogP contribution >= 0.6 is 0 Å². The molecule has 0 aliphatic rings. The van der Waals surface area contributed by atoms with Gasteiger partial charge in [0.05, 0.1) is 20.1 Å². The Morgan fingerprint density at radius 1 is 1.32 bits per heavy atom. The Balaban J connectivity index is 2.54. The van der Waals surface area contributed by atoms with Crippen LogP contribution in [-0.2, 0) is 9.53 Å². The van der Waals surface area contributed by atoms with Gasteiger partial charge in [0, 0.05) is 23.9 Å². The summed E-state index contributed by atoms with van der Waals surface area (Å²) in [7, 11) is 1.50. The summed E-state index contributed by atoms with van der Waals surface area (Å²) < 4.78 is 9.78. The van der Waals surface area contributed by atoms with Crippen LogP contribution < -0.4 is 15.8 Å². The first kappa shape index (κ1) is 14.8. The van der Waals surface area contributed by atoms with E-state index in [0.717, 1.165) is 0 Å². The second-order valence-electron chi connectivity index (χ2n) is 3.81. The third-order valence-corrected chi connectivity index (χ3v) is 2.35. The smallest absolute Gasteiger partial charge is 0.307 e. The fourth-order valence-electron chi connectivity index (χ4n) is 1.48. The van der Waals surface area contributed by atoms with Gasteiger partial charge < -0.3 is 20.5 Å². The predicted octanol–water partition coefficient (Wildman–Crippen LogP) is 0.960. The van der Waals surface area contributed by atoms with Crippen LogP contribution in [0.5, 0.6) is 5.75 Å². The van der Waals surface area contributed by atoms with Crippen molar-refractivity contribution in [3.63, 3.8) is 0 Å². The highest BCUT2D eigenvalue weighted by Gasteiger charge is 2.09. The maximum absolute atomic E-state index is 11.8. The zero-order valence-corrected chi connectivity index (χ0v) is 11.1. The topological polar surface area (TPSA) is 90.7 Å². The van der Waals surface area contributed by atoms with E-state index in [1.54, 1.807) is 25.1 Å². The Morgan fingerprint density at radius 3 is 2.68 bits per heavy atom. The quantitative estimate of drug-likeness (QED) is 0.591. The van der Waals surface area contributed by atoms with E-state index in [4.69, 9.17) is 15.2 Å². The first-order valence-corrected chi connectivity index (χ1v) is 5.95. The zero-order valence-electron chi connectivity index (χ0n) is 11.1. The van der Waals surface area contributed by atoms with Crippen LogP contribution in [0, 0.1) is 0 Å². The van der Waals surface area contributed by atoms with E-state index in [0.29, 0.717) is 23.6 Å². The number of benzene rings is 1. The second kappa shape index (κ2) is 7.25. The summed E-state index contributed by atoms with van der Waals surface area (Å²) in [6.45, 7) is 2.28. The number of rotatable bonds is 6. The molecule has 0 radical (unpaired) electrons. The highest BCUT2D eigenvalue weighted by atomic mass is 16.5. The average molecular weight is 266 g/mol. The molecule has 1 aromatic carbocycles. The van der Waals surface area contributed by atoms with Crippen LogP contribution in [0.15, 0.2) is 18.2 Å². The number of hydrogen-bond acceptors (Lipinski definition) is 5. The first-order chi connectivity index (χ1) is 9.06. The van der Waals surface area contributed by atoms with Gasteiger partial charge in [-0.15, -0.1) is 0 Å². The maximum Gasteiger partial charge on any atom is 0.307 e. The normalized spacial score (nSPS) is 9.79. The molecule has 0 aliphatic carbocycles. The van der Waals surface area contributed by atoms with Gasteiger partial charge in [-0.25, -0.2) is 0 Å². The molecule has 1 amide bonds. The number of nitrogens with two attached hydrogens (primary N) is 1. The van der Waals surface area contributed by atoms with E-state index in [1.165, 1.54) is 7.11 Å². The van der Waals surface area contributed by atoms with Crippen molar-refractivity contribution in [2.75, 3.05) is 26.0 Å². The van der Waals surface area contributed by atoms with Crippen molar-refractivity contribution < 1.29 is 19.1 Å². The van der Waals surface area contributed by atoms with Gasteiger partial charge in [0.2, 0.25) is 0 Å². The van der Waals surface area contributed by atoms with Crippen LogP contribution in [0.3, 0.4) is 0 Å². The van der Waals surface area contributed by atoms with E-state index in [2.05, 4.69) is 5.32 Å². The molecular formula is C13H18N2O4. The highest BCUT2D eigenvalue weighted by Crippen LogP contribution is 2.18. The third-order valence-electron chi connectivity index (χ3n) is 2.35. The van der Waals surface area contributed by atoms with E-state index in [1.807, 2.05) is 0 Å². The first-order valence-electron chi connectivity index (χ1n) is 5.95. The van der Waals surface area contributed by atoms with Crippen molar-refractivity contribution in [3.8, 4) is 5.75 Å². The summed E-state index contributed by atoms with van der Waals surface area (Å²) in [6.07, 6.45) is 0.138. The lowest BCUT2D eigenvalue weighted by atomic mass is 10.1. The Bertz CT molecular complexity index is 460. The Labute approximate surface area is 111 Å². The molecule has 6 heteroatoms. The van der Waals surface area contributed by atoms with Gasteiger partial charge in [-0.1, -0.05) is 0 Å². The molecule has 0 heterocycles. The number of methoxy groups -OCH3 is 1. The molecule has 104 valence electrons. The average Bonchev–Trinajstić information content (AvgIpc) is 2.38. The van der Waals surface area contributed by atoms with Gasteiger partial charge >= 0.3 is 5.97 Å². The van der Waals surface area contributed by atoms with E-state index in [-0.39, 0.29) is 24.8 Å². The summed E-state index contributed by atoms with van der Waals surface area (Å²) in [5.74, 6) is -0.140. The highest BCUT2D eigenvalue weighted by molar-refractivity contribution is 5.95. The van der Waals surface area contributed by atoms with Crippen molar-refractivity contribution in [1.82, 2.24) is 5.32 Å². The Morgan fingerprint density at radius 2 is 2.05 bits per heavy atom. The minimum absolute atomic E-state index is 0.138. The molecule has 0 saturated carbocycles. The standard InChI is InChI=1S/C13H18N2O4/c1-3-19-12(16)4-5-15-13(17)9-6-10(14)8-11(7-9)18-2/h6-8H,3-5,14H2,1-2H3,(H,15,17). The molecule has 6 nitrogen and oxygen atoms in total. The number of amides is 1. The molecule has 0 aromatic heterocycles. The molecule has 0 spiro atoms. The lowest BCUT2D eigenvalue weighted by Crippen LogP contribution is -2.26. The molecule has 0 saturated heterocycles. The van der Waals surface area contributed by atoms with Crippen molar-refractivity contribution in [3.05, 3.63) is 23.8 Å². The molecule has 19 heavy (non-hydrogen) atoms. The van der Waals surface area contributed by atoms with E-state index in [9.17, 15) is 9.59 Å². The van der Waals surface area contributed by atoms with Crippen molar-refractivity contribution in [2.24, 2.45) is 0 Å². The lowest BCUT2D eigenvalue weighted by Gasteiger charge is -2.08. The SMILES string of the molecule is CCOC(=O)CCNC(=O)c1cc(N)cc(OC)c1. The molecule has 1 rings (SSSR count). The van der Waals surface area contributed by atoms with Gasteiger partial charge in [0.1, 0.15) is 5.75 Å². The number of esters is 1. The van der Waals surface area contributed by atoms with Crippen molar-refractivity contribution in [2.45, 2.75) is 13.3 Å². The van der Waals surface area contributed by atoms with Gasteiger partial charge in [-0.3, -0.25) is 9.59 Å². The Kier molecular flexibility index (Phi) is 5.66. The third kappa shape index (κ3) is 4.87. The summed E-state index contributed by atoms with van der Waals surface area (Å²) in [5.41, 5.74) is 6.48. The second-order valence-corrected chi connectivity index (χ2v) is 3.81. The van der Waals surface area contributed by atoms with Crippen molar-refractivity contribution in [1.29, 1.82) is 0 Å². The Hall–Kier alpha value is -2.24. The van der Waals surface area contributed by atoms with Gasteiger partial charge in [0.25, 0.3) is 5.91 Å². The van der Waals surface area contributed by atoms with E-state index < -0.39 is 0 Å². The minimum atomic E-state index is -0.340. The molecule has 0 bridgehead atoms. The monoisotopic (exact) mass is 266 g/mol. The largest absolute Gasteiger partial charge is 0.497 e. The van der Waals surface area contributed by atoms with Gasteiger partial charge in [0.15, 0.2) is 0 Å². The number of carbonyl (C=O) groups is 2. The minimum Gasteiger partial charge on any atom is -0.497 e. The fourth-order valence-corrected chi connectivity index (χ4v) is 1.48. The fraction of sp³-hybridized carbons (Fsp3) is 0.385. The number of ether oxygens (including phenoxy) is 2. The number of nitrogens with one attached hydrogen (secondary N) is 1. The molecule has 1 aromatic rings. The van der Waals surface area contributed by atoms with Crippen LogP contribution in [0.25, 0.3) is 0 Å². The lowest BCUT2D eigenvalue weighted by molar-refractivity contribution is -0.142. The van der Waals surface area contributed by atoms with Gasteiger partial charge in [-0.2, -0.15) is 0 Å². The van der Waals surface area contributed by atoms with Crippen LogP contribution in [0.1, 0.15) is 23.7 Å². The predicted molar refractivity (Wildman–Crippen MR) is 71.0 cm³/mol. The summed E-state index contributed by atoms with van der Waals surface area (Å²) in [6, 6.07) is 4.74. The van der Waals surface area contributed by atoms with E-state index >= 15 is 0 Å². The molecule has 0 unspecified atom stereocenters. The molecular weight excluding hydrogens is 248 g/mol. The van der Waals surface area contributed by atoms with Crippen LogP contribution in [-0.4, -0.2) is 32.1 Å². The van der Waals surface area contributed by atoms with Crippen LogP contribution in [0.2, 0.25) is 0 Å². The summed E-state index contributed by atoms with van der Waals surface area (Å²) in [4.78, 5) is 22.9. The zero-order chi connectivity index (χ0) is 14.3. The summed E-state index contributed by atoms with van der Waals surface area (Å²) in [5, 5.41) is 2.62. The number of carbonyl (C=O) groups excluding carboxylic acids is 2. The van der Waals surface area contributed by atoms with Crippen LogP contribution in [0.4, 0.5) is 5.69 Å². The number of hydrogen-bond donors (Lipinski definition) is 2. The van der Waals surface area contributed by atoms with Crippen molar-refractivity contribution >= 4 is 17.6 Å².